The number of esters is 1. The van der Waals surface area contributed by atoms with Gasteiger partial charge in [-0.15, -0.1) is 0 Å². The smallest absolute Gasteiger partial charge is 0.306 e. The molecule has 0 bridgehead atoms. The molecule has 4 unspecified atom stereocenters. The topological polar surface area (TPSA) is 26.3 Å². The number of carbonyl (C=O) groups is 1. The first kappa shape index (κ1) is 15.9. The zero-order valence-electron chi connectivity index (χ0n) is 15.6. The Morgan fingerprint density at radius 2 is 2.08 bits per heavy atom. The Hall–Kier alpha value is -1.31. The average molecular weight is 338 g/mol. The minimum absolute atomic E-state index is 0.0371. The maximum atomic E-state index is 11.8. The van der Waals surface area contributed by atoms with E-state index < -0.39 is 0 Å². The SMILES string of the molecule is C=C1C=C2C[C@@H](C)C3C(=CCC4C3CCC43CCC(=O)O3)[C@@]2(C)CC1. The molecule has 1 spiro atoms. The number of allylic oxidation sites excluding steroid dienone is 5. The van der Waals surface area contributed by atoms with Crippen LogP contribution in [-0.4, -0.2) is 11.6 Å². The van der Waals surface area contributed by atoms with Gasteiger partial charge < -0.3 is 4.74 Å². The molecular weight excluding hydrogens is 308 g/mol. The Morgan fingerprint density at radius 3 is 2.84 bits per heavy atom. The van der Waals surface area contributed by atoms with E-state index in [4.69, 9.17) is 4.74 Å². The van der Waals surface area contributed by atoms with Crippen molar-refractivity contribution in [2.45, 2.75) is 70.8 Å². The summed E-state index contributed by atoms with van der Waals surface area (Å²) in [4.78, 5) is 11.8. The van der Waals surface area contributed by atoms with Gasteiger partial charge >= 0.3 is 5.97 Å². The van der Waals surface area contributed by atoms with E-state index in [1.54, 1.807) is 11.1 Å². The monoisotopic (exact) mass is 338 g/mol. The molecule has 4 aliphatic carbocycles. The fraction of sp³-hybridized carbons (Fsp3) is 0.696. The van der Waals surface area contributed by atoms with E-state index >= 15 is 0 Å². The highest BCUT2D eigenvalue weighted by Crippen LogP contribution is 2.64. The molecule has 25 heavy (non-hydrogen) atoms. The fourth-order valence-electron chi connectivity index (χ4n) is 7.17. The molecule has 134 valence electrons. The lowest BCUT2D eigenvalue weighted by Gasteiger charge is -2.54. The van der Waals surface area contributed by atoms with Crippen molar-refractivity contribution >= 4 is 5.97 Å². The highest BCUT2D eigenvalue weighted by Gasteiger charge is 2.59. The molecule has 0 amide bonds. The first-order valence-electron chi connectivity index (χ1n) is 10.2. The van der Waals surface area contributed by atoms with Crippen LogP contribution < -0.4 is 0 Å². The van der Waals surface area contributed by atoms with E-state index in [0.717, 1.165) is 25.7 Å². The second-order valence-corrected chi connectivity index (χ2v) is 9.61. The van der Waals surface area contributed by atoms with Crippen LogP contribution in [0, 0.1) is 29.1 Å². The van der Waals surface area contributed by atoms with Crippen LogP contribution in [0.4, 0.5) is 0 Å². The molecule has 0 aromatic carbocycles. The molecule has 0 N–H and O–H groups in total. The van der Waals surface area contributed by atoms with Crippen LogP contribution in [0.15, 0.2) is 35.5 Å². The molecule has 3 fully saturated rings. The van der Waals surface area contributed by atoms with E-state index in [-0.39, 0.29) is 17.0 Å². The lowest BCUT2D eigenvalue weighted by atomic mass is 9.51. The summed E-state index contributed by atoms with van der Waals surface area (Å²) < 4.78 is 5.95. The van der Waals surface area contributed by atoms with Gasteiger partial charge in [0.1, 0.15) is 5.60 Å². The molecule has 1 heterocycles. The van der Waals surface area contributed by atoms with E-state index in [1.165, 1.54) is 24.8 Å². The summed E-state index contributed by atoms with van der Waals surface area (Å²) in [6, 6.07) is 0. The third-order valence-corrected chi connectivity index (χ3v) is 8.40. The zero-order valence-corrected chi connectivity index (χ0v) is 15.6. The second kappa shape index (κ2) is 5.11. The number of fused-ring (bicyclic) bond motifs is 6. The number of rotatable bonds is 0. The van der Waals surface area contributed by atoms with Crippen LogP contribution in [0.5, 0.6) is 0 Å². The number of ether oxygens (including phenoxy) is 1. The molecule has 6 atom stereocenters. The minimum atomic E-state index is -0.124. The molecular formula is C23H30O2. The van der Waals surface area contributed by atoms with E-state index in [9.17, 15) is 4.79 Å². The first-order valence-corrected chi connectivity index (χ1v) is 10.2. The molecule has 5 aliphatic rings. The van der Waals surface area contributed by atoms with Crippen LogP contribution in [0.25, 0.3) is 0 Å². The molecule has 2 saturated carbocycles. The first-order chi connectivity index (χ1) is 11.9. The molecule has 1 saturated heterocycles. The van der Waals surface area contributed by atoms with Crippen LogP contribution >= 0.6 is 0 Å². The van der Waals surface area contributed by atoms with Gasteiger partial charge in [-0.3, -0.25) is 4.79 Å². The van der Waals surface area contributed by atoms with Crippen molar-refractivity contribution in [3.8, 4) is 0 Å². The van der Waals surface area contributed by atoms with Gasteiger partial charge in [0.25, 0.3) is 0 Å². The van der Waals surface area contributed by atoms with Gasteiger partial charge in [-0.2, -0.15) is 0 Å². The standard InChI is InChI=1S/C23H30O2/c1-14-6-9-22(3)16(12-14)13-15(2)21-17-7-10-23(11-8-20(24)25-23)18(17)4-5-19(21)22/h5,12,15,17-18,21H,1,4,6-11,13H2,2-3H3/t15-,17?,18?,21?,22+,23?/m1/s1. The van der Waals surface area contributed by atoms with Crippen LogP contribution in [0.2, 0.25) is 0 Å². The lowest BCUT2D eigenvalue weighted by molar-refractivity contribution is -0.152. The third kappa shape index (κ3) is 2.06. The molecule has 0 aromatic rings. The van der Waals surface area contributed by atoms with Gasteiger partial charge in [0.15, 0.2) is 0 Å². The summed E-state index contributed by atoms with van der Waals surface area (Å²) in [5.74, 6) is 2.69. The lowest BCUT2D eigenvalue weighted by Crippen LogP contribution is -2.46. The summed E-state index contributed by atoms with van der Waals surface area (Å²) in [7, 11) is 0. The number of hydrogen-bond acceptors (Lipinski definition) is 2. The Balaban J connectivity index is 1.54. The van der Waals surface area contributed by atoms with Gasteiger partial charge in [0, 0.05) is 17.8 Å². The van der Waals surface area contributed by atoms with Crippen molar-refractivity contribution < 1.29 is 9.53 Å². The molecule has 0 radical (unpaired) electrons. The average Bonchev–Trinajstić information content (AvgIpc) is 3.13. The van der Waals surface area contributed by atoms with Gasteiger partial charge in [-0.05, 0) is 62.7 Å². The van der Waals surface area contributed by atoms with Gasteiger partial charge in [-0.25, -0.2) is 0 Å². The molecule has 5 rings (SSSR count). The van der Waals surface area contributed by atoms with Gasteiger partial charge in [0.2, 0.25) is 0 Å². The van der Waals surface area contributed by atoms with Gasteiger partial charge in [-0.1, -0.05) is 49.3 Å². The summed E-state index contributed by atoms with van der Waals surface area (Å²) in [5.41, 5.74) is 4.78. The predicted octanol–water partition coefficient (Wildman–Crippen LogP) is 5.36. The number of carbonyl (C=O) groups excluding carboxylic acids is 1. The Morgan fingerprint density at radius 1 is 1.24 bits per heavy atom. The van der Waals surface area contributed by atoms with Crippen molar-refractivity contribution in [3.63, 3.8) is 0 Å². The molecule has 2 nitrogen and oxygen atoms in total. The fourth-order valence-corrected chi connectivity index (χ4v) is 7.17. The Kier molecular flexibility index (Phi) is 3.25. The largest absolute Gasteiger partial charge is 0.459 e. The van der Waals surface area contributed by atoms with Crippen molar-refractivity contribution in [2.75, 3.05) is 0 Å². The number of hydrogen-bond donors (Lipinski definition) is 0. The molecule has 2 heteroatoms. The van der Waals surface area contributed by atoms with Crippen LogP contribution in [-0.2, 0) is 9.53 Å². The van der Waals surface area contributed by atoms with Crippen molar-refractivity contribution in [1.29, 1.82) is 0 Å². The van der Waals surface area contributed by atoms with Crippen molar-refractivity contribution in [3.05, 3.63) is 35.5 Å². The van der Waals surface area contributed by atoms with Crippen molar-refractivity contribution in [2.24, 2.45) is 29.1 Å². The predicted molar refractivity (Wildman–Crippen MR) is 98.8 cm³/mol. The van der Waals surface area contributed by atoms with Crippen molar-refractivity contribution in [1.82, 2.24) is 0 Å². The summed E-state index contributed by atoms with van der Waals surface area (Å²) in [6.07, 6.45) is 13.6. The minimum Gasteiger partial charge on any atom is -0.459 e. The van der Waals surface area contributed by atoms with E-state index in [2.05, 4.69) is 32.6 Å². The highest BCUT2D eigenvalue weighted by atomic mass is 16.6. The summed E-state index contributed by atoms with van der Waals surface area (Å²) in [6.45, 7) is 9.16. The zero-order chi connectivity index (χ0) is 17.4. The quantitative estimate of drug-likeness (QED) is 0.439. The second-order valence-electron chi connectivity index (χ2n) is 9.61. The van der Waals surface area contributed by atoms with Gasteiger partial charge in [0.05, 0.1) is 0 Å². The molecule has 1 aliphatic heterocycles. The molecule has 0 aromatic heterocycles. The highest BCUT2D eigenvalue weighted by molar-refractivity contribution is 5.72. The Bertz CT molecular complexity index is 714. The maximum absolute atomic E-state index is 11.8. The summed E-state index contributed by atoms with van der Waals surface area (Å²) >= 11 is 0. The normalized spacial score (nSPS) is 48.4. The van der Waals surface area contributed by atoms with E-state index in [1.807, 2.05) is 0 Å². The van der Waals surface area contributed by atoms with Crippen LogP contribution in [0.3, 0.4) is 0 Å². The Labute approximate surface area is 151 Å². The maximum Gasteiger partial charge on any atom is 0.306 e. The summed E-state index contributed by atoms with van der Waals surface area (Å²) in [5, 5.41) is 0. The third-order valence-electron chi connectivity index (χ3n) is 8.40. The van der Waals surface area contributed by atoms with E-state index in [0.29, 0.717) is 30.1 Å². The van der Waals surface area contributed by atoms with Crippen LogP contribution in [0.1, 0.15) is 65.2 Å².